The Morgan fingerprint density at radius 2 is 1.76 bits per heavy atom. The number of ether oxygens (including phenoxy) is 3. The number of urea groups is 1. The number of fused-ring (bicyclic) bond motifs is 1. The molecule has 1 fully saturated rings. The molecule has 1 N–H and O–H groups in total. The third kappa shape index (κ3) is 5.04. The van der Waals surface area contributed by atoms with Crippen LogP contribution in [0.4, 0.5) is 20.6 Å². The van der Waals surface area contributed by atoms with Crippen LogP contribution in [0.25, 0.3) is 0 Å². The Bertz CT molecular complexity index is 1330. The maximum absolute atomic E-state index is 13.5. The van der Waals surface area contributed by atoms with Crippen molar-refractivity contribution in [1.82, 2.24) is 4.90 Å². The molecular weight excluding hydrogens is 481 g/mol. The van der Waals surface area contributed by atoms with Crippen LogP contribution >= 0.6 is 0 Å². The van der Waals surface area contributed by atoms with E-state index in [4.69, 9.17) is 14.2 Å². The van der Waals surface area contributed by atoms with Crippen LogP contribution in [0.1, 0.15) is 18.9 Å². The van der Waals surface area contributed by atoms with Gasteiger partial charge in [0.15, 0.2) is 11.5 Å². The molecule has 1 atom stereocenters. The Balaban J connectivity index is 1.38. The summed E-state index contributed by atoms with van der Waals surface area (Å²) in [6, 6.07) is 15.5. The lowest BCUT2D eigenvalue weighted by molar-refractivity contribution is -0.124. The first-order valence-electron chi connectivity index (χ1n) is 11.7. The predicted octanol–water partition coefficient (Wildman–Crippen LogP) is 4.32. The van der Waals surface area contributed by atoms with E-state index in [9.17, 15) is 18.8 Å². The van der Waals surface area contributed by atoms with E-state index in [1.54, 1.807) is 42.5 Å². The van der Waals surface area contributed by atoms with Crippen LogP contribution in [0, 0.1) is 5.82 Å². The molecule has 5 rings (SSSR count). The minimum atomic E-state index is -1.06. The number of carbonyl (C=O) groups is 3. The fraction of sp³-hybridized carbons (Fsp3) is 0.222. The van der Waals surface area contributed by atoms with Crippen molar-refractivity contribution in [3.63, 3.8) is 0 Å². The first-order chi connectivity index (χ1) is 17.9. The van der Waals surface area contributed by atoms with Crippen molar-refractivity contribution in [3.05, 3.63) is 78.1 Å². The number of hydrogen-bond acceptors (Lipinski definition) is 6. The van der Waals surface area contributed by atoms with Crippen LogP contribution in [0.15, 0.2) is 66.7 Å². The summed E-state index contributed by atoms with van der Waals surface area (Å²) in [6.45, 7) is 2.56. The molecule has 0 aliphatic carbocycles. The van der Waals surface area contributed by atoms with Crippen LogP contribution in [0.3, 0.4) is 0 Å². The predicted molar refractivity (Wildman–Crippen MR) is 132 cm³/mol. The number of amides is 4. The molecule has 0 saturated carbocycles. The zero-order valence-electron chi connectivity index (χ0n) is 20.0. The summed E-state index contributed by atoms with van der Waals surface area (Å²) < 4.78 is 29.7. The number of carbonyl (C=O) groups excluding carboxylic acids is 3. The molecule has 0 spiro atoms. The zero-order valence-corrected chi connectivity index (χ0v) is 20.0. The normalized spacial score (nSPS) is 16.3. The van der Waals surface area contributed by atoms with Crippen molar-refractivity contribution in [2.45, 2.75) is 25.9 Å². The van der Waals surface area contributed by atoms with Gasteiger partial charge in [-0.1, -0.05) is 6.07 Å². The highest BCUT2D eigenvalue weighted by Crippen LogP contribution is 2.34. The fourth-order valence-corrected chi connectivity index (χ4v) is 4.27. The average Bonchev–Trinajstić information content (AvgIpc) is 3.44. The molecule has 1 unspecified atom stereocenters. The molecule has 9 nitrogen and oxygen atoms in total. The molecule has 4 amide bonds. The summed E-state index contributed by atoms with van der Waals surface area (Å²) in [5.74, 6) is 0.293. The molecule has 190 valence electrons. The number of nitrogens with zero attached hydrogens (tertiary/aromatic N) is 2. The van der Waals surface area contributed by atoms with Crippen LogP contribution in [-0.4, -0.2) is 42.2 Å². The Labute approximate surface area is 212 Å². The lowest BCUT2D eigenvalue weighted by Gasteiger charge is -2.22. The summed E-state index contributed by atoms with van der Waals surface area (Å²) >= 11 is 0. The van der Waals surface area contributed by atoms with E-state index in [2.05, 4.69) is 5.32 Å². The first kappa shape index (κ1) is 24.1. The van der Waals surface area contributed by atoms with Gasteiger partial charge in [-0.2, -0.15) is 0 Å². The van der Waals surface area contributed by atoms with E-state index in [-0.39, 0.29) is 25.4 Å². The second-order valence-electron chi connectivity index (χ2n) is 8.47. The van der Waals surface area contributed by atoms with Crippen LogP contribution in [0.2, 0.25) is 0 Å². The zero-order chi connectivity index (χ0) is 25.9. The van der Waals surface area contributed by atoms with E-state index < -0.39 is 29.7 Å². The highest BCUT2D eigenvalue weighted by molar-refractivity contribution is 6.22. The molecule has 0 bridgehead atoms. The molecular formula is C27H24FN3O6. The highest BCUT2D eigenvalue weighted by Gasteiger charge is 2.46. The lowest BCUT2D eigenvalue weighted by Crippen LogP contribution is -2.37. The largest absolute Gasteiger partial charge is 0.494 e. The third-order valence-corrected chi connectivity index (χ3v) is 6.02. The van der Waals surface area contributed by atoms with Gasteiger partial charge in [0.05, 0.1) is 18.7 Å². The fourth-order valence-electron chi connectivity index (χ4n) is 4.27. The molecule has 1 saturated heterocycles. The molecule has 0 radical (unpaired) electrons. The van der Waals surface area contributed by atoms with Crippen molar-refractivity contribution >= 4 is 29.2 Å². The molecule has 3 aromatic rings. The number of hydrogen-bond donors (Lipinski definition) is 1. The van der Waals surface area contributed by atoms with Crippen LogP contribution < -0.4 is 24.4 Å². The third-order valence-electron chi connectivity index (χ3n) is 6.02. The van der Waals surface area contributed by atoms with Gasteiger partial charge in [0.1, 0.15) is 17.6 Å². The second-order valence-corrected chi connectivity index (χ2v) is 8.47. The van der Waals surface area contributed by atoms with Gasteiger partial charge >= 0.3 is 6.03 Å². The van der Waals surface area contributed by atoms with E-state index in [1.807, 2.05) is 6.92 Å². The van der Waals surface area contributed by atoms with Gasteiger partial charge in [-0.05, 0) is 73.2 Å². The van der Waals surface area contributed by atoms with Gasteiger partial charge < -0.3 is 24.4 Å². The summed E-state index contributed by atoms with van der Waals surface area (Å²) in [4.78, 5) is 42.1. The topological polar surface area (TPSA) is 97.4 Å². The summed E-state index contributed by atoms with van der Waals surface area (Å²) in [7, 11) is 0. The smallest absolute Gasteiger partial charge is 0.332 e. The molecule has 0 aromatic heterocycles. The minimum Gasteiger partial charge on any atom is -0.494 e. The quantitative estimate of drug-likeness (QED) is 0.458. The van der Waals surface area contributed by atoms with E-state index in [0.717, 1.165) is 4.90 Å². The van der Waals surface area contributed by atoms with Crippen molar-refractivity contribution in [2.24, 2.45) is 0 Å². The van der Waals surface area contributed by atoms with Crippen molar-refractivity contribution < 1.29 is 33.0 Å². The molecule has 2 aliphatic heterocycles. The van der Waals surface area contributed by atoms with Crippen LogP contribution in [0.5, 0.6) is 17.2 Å². The number of imide groups is 1. The highest BCUT2D eigenvalue weighted by atomic mass is 19.1. The average molecular weight is 506 g/mol. The monoisotopic (exact) mass is 505 g/mol. The SMILES string of the molecule is CCOc1ccc(NC(=O)CC2C(=O)N(c3ccc(F)cc3)C(=O)N2Cc2ccc3c(c2)OCO3)cc1. The standard InChI is InChI=1S/C27H24FN3O6/c1-2-35-21-10-6-19(7-11-21)29-25(32)14-22-26(33)31(20-8-4-18(28)5-9-20)27(34)30(22)15-17-3-12-23-24(13-17)37-16-36-23/h3-13,22H,2,14-16H2,1H3,(H,29,32). The Kier molecular flexibility index (Phi) is 6.63. The molecule has 3 aromatic carbocycles. The van der Waals surface area contributed by atoms with Gasteiger partial charge in [0.25, 0.3) is 5.91 Å². The van der Waals surface area contributed by atoms with Gasteiger partial charge in [0, 0.05) is 12.2 Å². The number of nitrogens with one attached hydrogen (secondary N) is 1. The van der Waals surface area contributed by atoms with Crippen LogP contribution in [-0.2, 0) is 16.1 Å². The Morgan fingerprint density at radius 3 is 2.49 bits per heavy atom. The minimum absolute atomic E-state index is 0.0555. The number of benzene rings is 3. The summed E-state index contributed by atoms with van der Waals surface area (Å²) in [5.41, 5.74) is 1.45. The lowest BCUT2D eigenvalue weighted by atomic mass is 10.1. The maximum Gasteiger partial charge on any atom is 0.332 e. The van der Waals surface area contributed by atoms with Crippen molar-refractivity contribution in [2.75, 3.05) is 23.6 Å². The summed E-state index contributed by atoms with van der Waals surface area (Å²) in [5, 5.41) is 2.76. The maximum atomic E-state index is 13.5. The number of rotatable bonds is 8. The van der Waals surface area contributed by atoms with Gasteiger partial charge in [-0.3, -0.25) is 9.59 Å². The Hall–Kier alpha value is -4.60. The number of anilines is 2. The summed E-state index contributed by atoms with van der Waals surface area (Å²) in [6.07, 6.45) is -0.264. The Morgan fingerprint density at radius 1 is 1.03 bits per heavy atom. The second kappa shape index (κ2) is 10.2. The molecule has 2 heterocycles. The van der Waals surface area contributed by atoms with Crippen molar-refractivity contribution in [1.29, 1.82) is 0 Å². The van der Waals surface area contributed by atoms with E-state index in [1.165, 1.54) is 29.2 Å². The molecule has 2 aliphatic rings. The van der Waals surface area contributed by atoms with Gasteiger partial charge in [-0.15, -0.1) is 0 Å². The van der Waals surface area contributed by atoms with E-state index >= 15 is 0 Å². The van der Waals surface area contributed by atoms with E-state index in [0.29, 0.717) is 35.1 Å². The van der Waals surface area contributed by atoms with Gasteiger partial charge in [0.2, 0.25) is 12.7 Å². The first-order valence-corrected chi connectivity index (χ1v) is 11.7. The molecule has 10 heteroatoms. The molecule has 37 heavy (non-hydrogen) atoms. The number of halogens is 1. The van der Waals surface area contributed by atoms with Gasteiger partial charge in [-0.25, -0.2) is 14.1 Å². The van der Waals surface area contributed by atoms with Crippen molar-refractivity contribution in [3.8, 4) is 17.2 Å².